The predicted molar refractivity (Wildman–Crippen MR) is 68.4 cm³/mol. The summed E-state index contributed by atoms with van der Waals surface area (Å²) in [5, 5.41) is 12.0. The monoisotopic (exact) mass is 259 g/mol. The third-order valence-electron chi connectivity index (χ3n) is 3.10. The van der Waals surface area contributed by atoms with Crippen LogP contribution in [0.25, 0.3) is 21.9 Å². The number of benzene rings is 1. The Hall–Kier alpha value is -2.63. The predicted octanol–water partition coefficient (Wildman–Crippen LogP) is 3.06. The molecule has 0 unspecified atom stereocenters. The first-order chi connectivity index (χ1) is 8.99. The summed E-state index contributed by atoms with van der Waals surface area (Å²) in [5.41, 5.74) is 0.554. The van der Waals surface area contributed by atoms with Crippen LogP contribution in [-0.2, 0) is 0 Å². The highest BCUT2D eigenvalue weighted by molar-refractivity contribution is 6.08. The SMILES string of the molecule is Cc1oc2ccc3c(C)cc(=O)oc3c2c1[N+](=O)[O-]. The van der Waals surface area contributed by atoms with Gasteiger partial charge in [-0.05, 0) is 24.6 Å². The van der Waals surface area contributed by atoms with Crippen LogP contribution in [-0.4, -0.2) is 4.92 Å². The highest BCUT2D eigenvalue weighted by atomic mass is 16.6. The van der Waals surface area contributed by atoms with Crippen LogP contribution < -0.4 is 5.63 Å². The molecular weight excluding hydrogens is 250 g/mol. The van der Waals surface area contributed by atoms with Crippen molar-refractivity contribution in [2.45, 2.75) is 13.8 Å². The zero-order valence-electron chi connectivity index (χ0n) is 10.2. The van der Waals surface area contributed by atoms with Gasteiger partial charge in [0.05, 0.1) is 4.92 Å². The van der Waals surface area contributed by atoms with Crippen LogP contribution in [0.1, 0.15) is 11.3 Å². The molecule has 0 saturated heterocycles. The van der Waals surface area contributed by atoms with E-state index in [4.69, 9.17) is 8.83 Å². The molecule has 0 amide bonds. The lowest BCUT2D eigenvalue weighted by molar-refractivity contribution is -0.384. The minimum absolute atomic E-state index is 0.158. The van der Waals surface area contributed by atoms with Gasteiger partial charge in [-0.2, -0.15) is 0 Å². The average molecular weight is 259 g/mol. The molecule has 6 nitrogen and oxygen atoms in total. The second-order valence-electron chi connectivity index (χ2n) is 4.33. The van der Waals surface area contributed by atoms with Crippen molar-refractivity contribution in [2.75, 3.05) is 0 Å². The largest absolute Gasteiger partial charge is 0.454 e. The third kappa shape index (κ3) is 1.53. The highest BCUT2D eigenvalue weighted by Crippen LogP contribution is 2.37. The summed E-state index contributed by atoms with van der Waals surface area (Å²) in [5.74, 6) is 0.191. The molecule has 3 rings (SSSR count). The van der Waals surface area contributed by atoms with Gasteiger partial charge in [0.2, 0.25) is 0 Å². The molecule has 0 fully saturated rings. The maximum atomic E-state index is 11.5. The normalized spacial score (nSPS) is 11.3. The molecule has 0 aliphatic carbocycles. The Morgan fingerprint density at radius 3 is 2.63 bits per heavy atom. The minimum Gasteiger partial charge on any atom is -0.454 e. The average Bonchev–Trinajstić information content (AvgIpc) is 2.65. The van der Waals surface area contributed by atoms with Gasteiger partial charge in [-0.1, -0.05) is 0 Å². The summed E-state index contributed by atoms with van der Waals surface area (Å²) in [6.07, 6.45) is 0. The Morgan fingerprint density at radius 1 is 1.21 bits per heavy atom. The van der Waals surface area contributed by atoms with Crippen LogP contribution in [0, 0.1) is 24.0 Å². The molecule has 19 heavy (non-hydrogen) atoms. The zero-order chi connectivity index (χ0) is 13.7. The van der Waals surface area contributed by atoms with E-state index < -0.39 is 10.5 Å². The minimum atomic E-state index is -0.536. The van der Waals surface area contributed by atoms with Gasteiger partial charge in [-0.25, -0.2) is 4.79 Å². The molecule has 0 atom stereocenters. The van der Waals surface area contributed by atoms with Gasteiger partial charge in [0.1, 0.15) is 11.0 Å². The highest BCUT2D eigenvalue weighted by Gasteiger charge is 2.25. The van der Waals surface area contributed by atoms with Gasteiger partial charge >= 0.3 is 11.3 Å². The summed E-state index contributed by atoms with van der Waals surface area (Å²) in [6, 6.07) is 4.72. The number of fused-ring (bicyclic) bond motifs is 3. The van der Waals surface area contributed by atoms with E-state index in [0.717, 1.165) is 0 Å². The summed E-state index contributed by atoms with van der Waals surface area (Å²) < 4.78 is 10.5. The molecule has 0 aliphatic rings. The second kappa shape index (κ2) is 3.68. The molecule has 0 saturated carbocycles. The molecule has 2 aromatic heterocycles. The van der Waals surface area contributed by atoms with Crippen molar-refractivity contribution >= 4 is 27.6 Å². The standard InChI is InChI=1S/C13H9NO5/c1-6-5-10(15)19-13-8(6)3-4-9-11(13)12(14(16)17)7(2)18-9/h3-5H,1-2H3. The molecule has 0 radical (unpaired) electrons. The molecule has 6 heteroatoms. The lowest BCUT2D eigenvalue weighted by atomic mass is 10.1. The third-order valence-corrected chi connectivity index (χ3v) is 3.10. The van der Waals surface area contributed by atoms with Crippen LogP contribution in [0.5, 0.6) is 0 Å². The second-order valence-corrected chi connectivity index (χ2v) is 4.33. The summed E-state index contributed by atoms with van der Waals surface area (Å²) in [7, 11) is 0. The van der Waals surface area contributed by atoms with E-state index >= 15 is 0 Å². The van der Waals surface area contributed by atoms with Gasteiger partial charge in [0.15, 0.2) is 11.3 Å². The number of nitrogens with zero attached hydrogens (tertiary/aromatic N) is 1. The smallest absolute Gasteiger partial charge is 0.336 e. The van der Waals surface area contributed by atoms with E-state index in [0.29, 0.717) is 16.5 Å². The molecule has 3 aromatic rings. The fourth-order valence-corrected chi connectivity index (χ4v) is 2.28. The maximum absolute atomic E-state index is 11.5. The molecule has 0 spiro atoms. The van der Waals surface area contributed by atoms with Crippen molar-refractivity contribution in [1.29, 1.82) is 0 Å². The van der Waals surface area contributed by atoms with Gasteiger partial charge in [-0.15, -0.1) is 0 Å². The lowest BCUT2D eigenvalue weighted by Crippen LogP contribution is -1.98. The lowest BCUT2D eigenvalue weighted by Gasteiger charge is -2.00. The first kappa shape index (κ1) is 11.5. The topological polar surface area (TPSA) is 86.5 Å². The van der Waals surface area contributed by atoms with Crippen LogP contribution >= 0.6 is 0 Å². The first-order valence-corrected chi connectivity index (χ1v) is 5.60. The Labute approximate surface area is 106 Å². The number of hydrogen-bond acceptors (Lipinski definition) is 5. The van der Waals surface area contributed by atoms with Gasteiger partial charge < -0.3 is 8.83 Å². The van der Waals surface area contributed by atoms with Gasteiger partial charge in [0, 0.05) is 18.4 Å². The van der Waals surface area contributed by atoms with Crippen molar-refractivity contribution in [3.8, 4) is 0 Å². The van der Waals surface area contributed by atoms with E-state index in [1.807, 2.05) is 0 Å². The summed E-state index contributed by atoms with van der Waals surface area (Å²) >= 11 is 0. The fraction of sp³-hybridized carbons (Fsp3) is 0.154. The van der Waals surface area contributed by atoms with Gasteiger partial charge in [-0.3, -0.25) is 10.1 Å². The van der Waals surface area contributed by atoms with Crippen molar-refractivity contribution in [3.05, 3.63) is 50.1 Å². The number of furan rings is 1. The van der Waals surface area contributed by atoms with Crippen molar-refractivity contribution < 1.29 is 13.8 Å². The van der Waals surface area contributed by atoms with Gasteiger partial charge in [0.25, 0.3) is 0 Å². The Kier molecular flexibility index (Phi) is 2.22. The molecule has 0 bridgehead atoms. The van der Waals surface area contributed by atoms with Crippen LogP contribution in [0.4, 0.5) is 5.69 Å². The number of nitro groups is 1. The number of aryl methyl sites for hydroxylation is 2. The quantitative estimate of drug-likeness (QED) is 0.380. The van der Waals surface area contributed by atoms with E-state index in [-0.39, 0.29) is 22.4 Å². The Bertz CT molecular complexity index is 887. The number of rotatable bonds is 1. The maximum Gasteiger partial charge on any atom is 0.336 e. The Morgan fingerprint density at radius 2 is 1.95 bits per heavy atom. The van der Waals surface area contributed by atoms with Crippen LogP contribution in [0.15, 0.2) is 31.8 Å². The molecule has 0 aliphatic heterocycles. The van der Waals surface area contributed by atoms with Crippen molar-refractivity contribution in [1.82, 2.24) is 0 Å². The van der Waals surface area contributed by atoms with E-state index in [9.17, 15) is 14.9 Å². The number of hydrogen-bond donors (Lipinski definition) is 0. The zero-order valence-corrected chi connectivity index (χ0v) is 10.2. The van der Waals surface area contributed by atoms with Crippen LogP contribution in [0.2, 0.25) is 0 Å². The van der Waals surface area contributed by atoms with E-state index in [1.165, 1.54) is 13.0 Å². The molecule has 1 aromatic carbocycles. The fourth-order valence-electron chi connectivity index (χ4n) is 2.28. The van der Waals surface area contributed by atoms with Crippen molar-refractivity contribution in [3.63, 3.8) is 0 Å². The summed E-state index contributed by atoms with van der Waals surface area (Å²) in [6.45, 7) is 3.27. The summed E-state index contributed by atoms with van der Waals surface area (Å²) in [4.78, 5) is 22.1. The molecule has 96 valence electrons. The molecular formula is C13H9NO5. The van der Waals surface area contributed by atoms with E-state index in [2.05, 4.69) is 0 Å². The molecule has 0 N–H and O–H groups in total. The molecule has 2 heterocycles. The Balaban J connectivity index is 2.65. The van der Waals surface area contributed by atoms with Crippen LogP contribution in [0.3, 0.4) is 0 Å². The van der Waals surface area contributed by atoms with E-state index in [1.54, 1.807) is 19.1 Å². The first-order valence-electron chi connectivity index (χ1n) is 5.60. The van der Waals surface area contributed by atoms with Crippen molar-refractivity contribution in [2.24, 2.45) is 0 Å².